The van der Waals surface area contributed by atoms with Crippen LogP contribution in [0.2, 0.25) is 0 Å². The summed E-state index contributed by atoms with van der Waals surface area (Å²) in [6, 6.07) is 6.29. The lowest BCUT2D eigenvalue weighted by molar-refractivity contribution is -0.126. The molecule has 2 aromatic rings. The molecular weight excluding hydrogens is 352 g/mol. The summed E-state index contributed by atoms with van der Waals surface area (Å²) in [5, 5.41) is 4.33. The molecule has 0 radical (unpaired) electrons. The number of aromatic nitrogens is 2. The number of aryl methyl sites for hydroxylation is 1. The summed E-state index contributed by atoms with van der Waals surface area (Å²) in [5.74, 6) is 1.91. The van der Waals surface area contributed by atoms with Gasteiger partial charge in [0.2, 0.25) is 11.9 Å². The molecule has 0 spiro atoms. The zero-order valence-corrected chi connectivity index (χ0v) is 16.9. The fourth-order valence-electron chi connectivity index (χ4n) is 4.43. The van der Waals surface area contributed by atoms with Crippen LogP contribution in [-0.2, 0) is 4.79 Å². The zero-order chi connectivity index (χ0) is 19.5. The van der Waals surface area contributed by atoms with E-state index in [2.05, 4.69) is 10.2 Å². The molecule has 1 aliphatic heterocycles. The van der Waals surface area contributed by atoms with Crippen molar-refractivity contribution >= 4 is 22.8 Å². The highest BCUT2D eigenvalue weighted by molar-refractivity contribution is 5.83. The van der Waals surface area contributed by atoms with Crippen molar-refractivity contribution in [1.29, 1.82) is 0 Å². The monoisotopic (exact) mass is 382 g/mol. The third-order valence-electron chi connectivity index (χ3n) is 6.18. The van der Waals surface area contributed by atoms with Gasteiger partial charge in [-0.3, -0.25) is 4.79 Å². The highest BCUT2D eigenvalue weighted by Gasteiger charge is 2.28. The highest BCUT2D eigenvalue weighted by Crippen LogP contribution is 2.27. The molecule has 0 bridgehead atoms. The number of nitrogens with one attached hydrogen (secondary N) is 1. The minimum atomic E-state index is 0.111. The van der Waals surface area contributed by atoms with E-state index in [9.17, 15) is 4.79 Å². The Morgan fingerprint density at radius 3 is 2.57 bits per heavy atom. The van der Waals surface area contributed by atoms with Crippen LogP contribution in [0.1, 0.15) is 50.6 Å². The van der Waals surface area contributed by atoms with Gasteiger partial charge in [0.1, 0.15) is 5.75 Å². The van der Waals surface area contributed by atoms with Crippen LogP contribution in [0.5, 0.6) is 5.75 Å². The van der Waals surface area contributed by atoms with Gasteiger partial charge >= 0.3 is 0 Å². The molecule has 1 saturated heterocycles. The second-order valence-corrected chi connectivity index (χ2v) is 8.10. The van der Waals surface area contributed by atoms with Crippen LogP contribution in [0.15, 0.2) is 18.2 Å². The molecule has 6 heteroatoms. The summed E-state index contributed by atoms with van der Waals surface area (Å²) in [6.45, 7) is 3.65. The first-order valence-electron chi connectivity index (χ1n) is 10.5. The lowest BCUT2D eigenvalue weighted by Gasteiger charge is -2.33. The number of ether oxygens (including phenoxy) is 1. The summed E-state index contributed by atoms with van der Waals surface area (Å²) in [5.41, 5.74) is 1.87. The molecule has 2 aliphatic rings. The molecule has 1 aliphatic carbocycles. The molecule has 1 aromatic heterocycles. The van der Waals surface area contributed by atoms with E-state index in [0.717, 1.165) is 67.1 Å². The SMILES string of the molecule is COc1ccc2c(C)nc(N3CCC(C(=O)NC4CCCCC4)CC3)nc2c1. The van der Waals surface area contributed by atoms with Crippen LogP contribution in [0, 0.1) is 12.8 Å². The molecule has 1 saturated carbocycles. The lowest BCUT2D eigenvalue weighted by Crippen LogP contribution is -2.44. The minimum absolute atomic E-state index is 0.111. The van der Waals surface area contributed by atoms with E-state index in [1.807, 2.05) is 25.1 Å². The lowest BCUT2D eigenvalue weighted by atomic mass is 9.92. The van der Waals surface area contributed by atoms with Crippen molar-refractivity contribution in [3.8, 4) is 5.75 Å². The normalized spacial score (nSPS) is 19.0. The fraction of sp³-hybridized carbons (Fsp3) is 0.591. The summed E-state index contributed by atoms with van der Waals surface area (Å²) >= 11 is 0. The summed E-state index contributed by atoms with van der Waals surface area (Å²) in [4.78, 5) is 24.3. The minimum Gasteiger partial charge on any atom is -0.497 e. The maximum absolute atomic E-state index is 12.6. The van der Waals surface area contributed by atoms with Gasteiger partial charge < -0.3 is 15.0 Å². The van der Waals surface area contributed by atoms with Crippen molar-refractivity contribution in [1.82, 2.24) is 15.3 Å². The van der Waals surface area contributed by atoms with Crippen LogP contribution in [-0.4, -0.2) is 42.1 Å². The van der Waals surface area contributed by atoms with Crippen molar-refractivity contribution in [2.75, 3.05) is 25.1 Å². The zero-order valence-electron chi connectivity index (χ0n) is 16.9. The first kappa shape index (κ1) is 19.0. The molecule has 150 valence electrons. The molecule has 6 nitrogen and oxygen atoms in total. The van der Waals surface area contributed by atoms with Crippen LogP contribution in [0.4, 0.5) is 5.95 Å². The number of nitrogens with zero attached hydrogens (tertiary/aromatic N) is 3. The first-order chi connectivity index (χ1) is 13.6. The topological polar surface area (TPSA) is 67.3 Å². The van der Waals surface area contributed by atoms with Crippen LogP contribution < -0.4 is 15.0 Å². The van der Waals surface area contributed by atoms with Gasteiger partial charge in [0, 0.05) is 36.5 Å². The van der Waals surface area contributed by atoms with E-state index in [-0.39, 0.29) is 11.8 Å². The number of anilines is 1. The van der Waals surface area contributed by atoms with Crippen molar-refractivity contribution in [2.24, 2.45) is 5.92 Å². The standard InChI is InChI=1S/C22H30N4O2/c1-15-19-9-8-18(28-2)14-20(19)25-22(23-15)26-12-10-16(11-13-26)21(27)24-17-6-4-3-5-7-17/h8-9,14,16-17H,3-7,10-13H2,1-2H3,(H,24,27). The van der Waals surface area contributed by atoms with Crippen molar-refractivity contribution in [3.63, 3.8) is 0 Å². The first-order valence-corrected chi connectivity index (χ1v) is 10.5. The van der Waals surface area contributed by atoms with Gasteiger partial charge in [-0.1, -0.05) is 19.3 Å². The Balaban J connectivity index is 1.41. The average Bonchev–Trinajstić information content (AvgIpc) is 2.74. The molecule has 28 heavy (non-hydrogen) atoms. The van der Waals surface area contributed by atoms with Gasteiger partial charge in [-0.2, -0.15) is 0 Å². The average molecular weight is 383 g/mol. The number of hydrogen-bond acceptors (Lipinski definition) is 5. The number of carbonyl (C=O) groups is 1. The maximum Gasteiger partial charge on any atom is 0.226 e. The Kier molecular flexibility index (Phi) is 5.64. The van der Waals surface area contributed by atoms with Crippen LogP contribution >= 0.6 is 0 Å². The number of amides is 1. The number of benzene rings is 1. The van der Waals surface area contributed by atoms with E-state index >= 15 is 0 Å². The largest absolute Gasteiger partial charge is 0.497 e. The van der Waals surface area contributed by atoms with Gasteiger partial charge in [0.05, 0.1) is 18.3 Å². The number of rotatable bonds is 4. The molecule has 1 aromatic carbocycles. The summed E-state index contributed by atoms with van der Waals surface area (Å²) < 4.78 is 5.33. The van der Waals surface area contributed by atoms with Crippen LogP contribution in [0.3, 0.4) is 0 Å². The molecule has 1 N–H and O–H groups in total. The number of piperidine rings is 1. The van der Waals surface area contributed by atoms with Crippen LogP contribution in [0.25, 0.3) is 10.9 Å². The number of fused-ring (bicyclic) bond motifs is 1. The molecule has 2 fully saturated rings. The van der Waals surface area contributed by atoms with Gasteiger partial charge in [-0.25, -0.2) is 9.97 Å². The molecule has 0 unspecified atom stereocenters. The van der Waals surface area contributed by atoms with E-state index in [1.54, 1.807) is 7.11 Å². The third-order valence-corrected chi connectivity index (χ3v) is 6.18. The van der Waals surface area contributed by atoms with Crippen molar-refractivity contribution in [2.45, 2.75) is 57.9 Å². The van der Waals surface area contributed by atoms with Gasteiger partial charge in [0.15, 0.2) is 0 Å². The van der Waals surface area contributed by atoms with Gasteiger partial charge in [-0.05, 0) is 44.7 Å². The number of hydrogen-bond donors (Lipinski definition) is 1. The quantitative estimate of drug-likeness (QED) is 0.875. The Morgan fingerprint density at radius 1 is 1.11 bits per heavy atom. The van der Waals surface area contributed by atoms with E-state index < -0.39 is 0 Å². The third kappa shape index (κ3) is 4.05. The maximum atomic E-state index is 12.6. The summed E-state index contributed by atoms with van der Waals surface area (Å²) in [6.07, 6.45) is 7.78. The number of methoxy groups -OCH3 is 1. The molecule has 2 heterocycles. The molecule has 4 rings (SSSR count). The van der Waals surface area contributed by atoms with E-state index in [1.165, 1.54) is 19.3 Å². The Hall–Kier alpha value is -2.37. The Morgan fingerprint density at radius 2 is 1.86 bits per heavy atom. The second-order valence-electron chi connectivity index (χ2n) is 8.10. The smallest absolute Gasteiger partial charge is 0.226 e. The highest BCUT2D eigenvalue weighted by atomic mass is 16.5. The van der Waals surface area contributed by atoms with Gasteiger partial charge in [-0.15, -0.1) is 0 Å². The molecule has 0 atom stereocenters. The number of carbonyl (C=O) groups excluding carboxylic acids is 1. The molecule has 1 amide bonds. The van der Waals surface area contributed by atoms with Gasteiger partial charge in [0.25, 0.3) is 0 Å². The van der Waals surface area contributed by atoms with E-state index in [4.69, 9.17) is 14.7 Å². The Labute approximate surface area is 166 Å². The molecular formula is C22H30N4O2. The Bertz CT molecular complexity index is 840. The predicted octanol–water partition coefficient (Wildman–Crippen LogP) is 3.61. The summed E-state index contributed by atoms with van der Waals surface area (Å²) in [7, 11) is 1.67. The second kappa shape index (κ2) is 8.33. The van der Waals surface area contributed by atoms with Crippen molar-refractivity contribution < 1.29 is 9.53 Å². The van der Waals surface area contributed by atoms with Crippen molar-refractivity contribution in [3.05, 3.63) is 23.9 Å². The fourth-order valence-corrected chi connectivity index (χ4v) is 4.43. The predicted molar refractivity (Wildman–Crippen MR) is 111 cm³/mol. The van der Waals surface area contributed by atoms with E-state index in [0.29, 0.717) is 6.04 Å².